The van der Waals surface area contributed by atoms with Gasteiger partial charge in [-0.25, -0.2) is 0 Å². The van der Waals surface area contributed by atoms with Crippen LogP contribution in [-0.4, -0.2) is 31.1 Å². The van der Waals surface area contributed by atoms with E-state index in [2.05, 4.69) is 10.6 Å². The summed E-state index contributed by atoms with van der Waals surface area (Å²) < 4.78 is 4.83. The molecule has 1 fully saturated rings. The summed E-state index contributed by atoms with van der Waals surface area (Å²) in [6.07, 6.45) is 3.55. The van der Waals surface area contributed by atoms with Crippen molar-refractivity contribution in [1.29, 1.82) is 0 Å². The summed E-state index contributed by atoms with van der Waals surface area (Å²) in [6, 6.07) is 6.34. The van der Waals surface area contributed by atoms with E-state index in [-0.39, 0.29) is 23.8 Å². The van der Waals surface area contributed by atoms with E-state index in [1.165, 1.54) is 7.11 Å². The number of carbonyl (C=O) groups is 2. The number of rotatable bonds is 5. The second-order valence-electron chi connectivity index (χ2n) is 6.87. The zero-order chi connectivity index (χ0) is 17.7. The molecule has 132 valence electrons. The summed E-state index contributed by atoms with van der Waals surface area (Å²) in [6.45, 7) is 5.85. The van der Waals surface area contributed by atoms with Gasteiger partial charge in [0.25, 0.3) is 5.91 Å². The number of hydrogen-bond donors (Lipinski definition) is 2. The molecule has 1 aromatic carbocycles. The minimum absolute atomic E-state index is 0.0263. The molecule has 0 aliphatic heterocycles. The molecule has 2 N–H and O–H groups in total. The van der Waals surface area contributed by atoms with Gasteiger partial charge < -0.3 is 15.4 Å². The van der Waals surface area contributed by atoms with Crippen LogP contribution in [-0.2, 0) is 9.53 Å². The standard InChI is InChI=1S/C19H28N2O3/c1-12(2)20-18(22)17-11-16(8-5-13(17)3)21-15-9-6-14(7-10-15)19(23)24-4/h5,8,11-12,14-15,21H,6-7,9-10H2,1-4H3,(H,20,22). The number of anilines is 1. The summed E-state index contributed by atoms with van der Waals surface area (Å²) in [5, 5.41) is 6.44. The van der Waals surface area contributed by atoms with Crippen molar-refractivity contribution in [3.05, 3.63) is 29.3 Å². The molecule has 2 rings (SSSR count). The maximum atomic E-state index is 12.3. The summed E-state index contributed by atoms with van der Waals surface area (Å²) in [4.78, 5) is 23.9. The Bertz CT molecular complexity index is 590. The van der Waals surface area contributed by atoms with E-state index in [0.29, 0.717) is 11.6 Å². The normalized spacial score (nSPS) is 20.5. The zero-order valence-corrected chi connectivity index (χ0v) is 15.0. The van der Waals surface area contributed by atoms with Gasteiger partial charge in [-0.3, -0.25) is 9.59 Å². The van der Waals surface area contributed by atoms with Gasteiger partial charge in [0.1, 0.15) is 0 Å². The summed E-state index contributed by atoms with van der Waals surface area (Å²) >= 11 is 0. The lowest BCUT2D eigenvalue weighted by atomic mass is 9.86. The van der Waals surface area contributed by atoms with Crippen LogP contribution in [0.1, 0.15) is 55.5 Å². The number of hydrogen-bond acceptors (Lipinski definition) is 4. The Morgan fingerprint density at radius 1 is 1.17 bits per heavy atom. The number of nitrogens with one attached hydrogen (secondary N) is 2. The molecule has 0 radical (unpaired) electrons. The molecule has 0 aromatic heterocycles. The molecule has 0 spiro atoms. The first kappa shape index (κ1) is 18.3. The fraction of sp³-hybridized carbons (Fsp3) is 0.579. The number of amides is 1. The van der Waals surface area contributed by atoms with Crippen molar-refractivity contribution in [2.45, 2.75) is 58.5 Å². The van der Waals surface area contributed by atoms with Crippen LogP contribution >= 0.6 is 0 Å². The van der Waals surface area contributed by atoms with Crippen molar-refractivity contribution in [2.24, 2.45) is 5.92 Å². The van der Waals surface area contributed by atoms with Crippen LogP contribution < -0.4 is 10.6 Å². The van der Waals surface area contributed by atoms with E-state index in [1.807, 2.05) is 39.0 Å². The van der Waals surface area contributed by atoms with E-state index in [0.717, 1.165) is 36.9 Å². The van der Waals surface area contributed by atoms with Crippen LogP contribution in [0.15, 0.2) is 18.2 Å². The van der Waals surface area contributed by atoms with Crippen LogP contribution in [0.4, 0.5) is 5.69 Å². The van der Waals surface area contributed by atoms with Gasteiger partial charge >= 0.3 is 5.97 Å². The molecule has 0 atom stereocenters. The first-order valence-corrected chi connectivity index (χ1v) is 8.66. The molecule has 0 heterocycles. The van der Waals surface area contributed by atoms with Gasteiger partial charge in [0.15, 0.2) is 0 Å². The maximum absolute atomic E-state index is 12.3. The Hall–Kier alpha value is -2.04. The summed E-state index contributed by atoms with van der Waals surface area (Å²) in [5.74, 6) is -0.115. The average molecular weight is 332 g/mol. The number of esters is 1. The number of benzene rings is 1. The lowest BCUT2D eigenvalue weighted by molar-refractivity contribution is -0.146. The van der Waals surface area contributed by atoms with Gasteiger partial charge in [0, 0.05) is 23.3 Å². The highest BCUT2D eigenvalue weighted by molar-refractivity contribution is 5.96. The summed E-state index contributed by atoms with van der Waals surface area (Å²) in [7, 11) is 1.45. The quantitative estimate of drug-likeness (QED) is 0.812. The topological polar surface area (TPSA) is 67.4 Å². The van der Waals surface area contributed by atoms with Crippen molar-refractivity contribution in [3.8, 4) is 0 Å². The van der Waals surface area contributed by atoms with Crippen LogP contribution in [0.25, 0.3) is 0 Å². The molecular formula is C19H28N2O3. The Balaban J connectivity index is 1.99. The highest BCUT2D eigenvalue weighted by atomic mass is 16.5. The Morgan fingerprint density at radius 2 is 1.83 bits per heavy atom. The predicted molar refractivity (Wildman–Crippen MR) is 95.2 cm³/mol. The van der Waals surface area contributed by atoms with Crippen molar-refractivity contribution < 1.29 is 14.3 Å². The molecule has 0 bridgehead atoms. The number of methoxy groups -OCH3 is 1. The Morgan fingerprint density at radius 3 is 2.42 bits per heavy atom. The Kier molecular flexibility index (Phi) is 6.23. The van der Waals surface area contributed by atoms with Gasteiger partial charge in [-0.05, 0) is 64.2 Å². The van der Waals surface area contributed by atoms with E-state index in [9.17, 15) is 9.59 Å². The van der Waals surface area contributed by atoms with Gasteiger partial charge in [-0.15, -0.1) is 0 Å². The second kappa shape index (κ2) is 8.18. The third kappa shape index (κ3) is 4.73. The van der Waals surface area contributed by atoms with E-state index >= 15 is 0 Å². The molecular weight excluding hydrogens is 304 g/mol. The lowest BCUT2D eigenvalue weighted by Crippen LogP contribution is -2.31. The molecule has 1 aromatic rings. The minimum atomic E-state index is -0.101. The molecule has 0 unspecified atom stereocenters. The SMILES string of the molecule is COC(=O)C1CCC(Nc2ccc(C)c(C(=O)NC(C)C)c2)CC1. The molecule has 1 saturated carbocycles. The number of carbonyl (C=O) groups excluding carboxylic acids is 2. The monoisotopic (exact) mass is 332 g/mol. The second-order valence-corrected chi connectivity index (χ2v) is 6.87. The fourth-order valence-corrected chi connectivity index (χ4v) is 3.17. The van der Waals surface area contributed by atoms with Crippen molar-refractivity contribution in [3.63, 3.8) is 0 Å². The van der Waals surface area contributed by atoms with Crippen LogP contribution in [0.2, 0.25) is 0 Å². The highest BCUT2D eigenvalue weighted by Crippen LogP contribution is 2.28. The third-order valence-electron chi connectivity index (χ3n) is 4.53. The lowest BCUT2D eigenvalue weighted by Gasteiger charge is -2.28. The molecule has 5 heteroatoms. The first-order chi connectivity index (χ1) is 11.4. The van der Waals surface area contributed by atoms with E-state index in [4.69, 9.17) is 4.74 Å². The van der Waals surface area contributed by atoms with Gasteiger partial charge in [-0.2, -0.15) is 0 Å². The molecule has 24 heavy (non-hydrogen) atoms. The van der Waals surface area contributed by atoms with Crippen molar-refractivity contribution in [2.75, 3.05) is 12.4 Å². The van der Waals surface area contributed by atoms with Crippen molar-refractivity contribution in [1.82, 2.24) is 5.32 Å². The largest absolute Gasteiger partial charge is 0.469 e. The summed E-state index contributed by atoms with van der Waals surface area (Å²) in [5.41, 5.74) is 2.63. The third-order valence-corrected chi connectivity index (χ3v) is 4.53. The maximum Gasteiger partial charge on any atom is 0.308 e. The van der Waals surface area contributed by atoms with Crippen LogP contribution in [0, 0.1) is 12.8 Å². The molecule has 1 aliphatic rings. The van der Waals surface area contributed by atoms with E-state index < -0.39 is 0 Å². The van der Waals surface area contributed by atoms with Crippen LogP contribution in [0.3, 0.4) is 0 Å². The first-order valence-electron chi connectivity index (χ1n) is 8.66. The Labute approximate surface area is 144 Å². The van der Waals surface area contributed by atoms with E-state index in [1.54, 1.807) is 0 Å². The molecule has 5 nitrogen and oxygen atoms in total. The average Bonchev–Trinajstić information content (AvgIpc) is 2.56. The highest BCUT2D eigenvalue weighted by Gasteiger charge is 2.26. The fourth-order valence-electron chi connectivity index (χ4n) is 3.17. The van der Waals surface area contributed by atoms with Crippen LogP contribution in [0.5, 0.6) is 0 Å². The minimum Gasteiger partial charge on any atom is -0.469 e. The molecule has 0 saturated heterocycles. The van der Waals surface area contributed by atoms with Gasteiger partial charge in [0.2, 0.25) is 0 Å². The number of ether oxygens (including phenoxy) is 1. The van der Waals surface area contributed by atoms with Crippen molar-refractivity contribution >= 4 is 17.6 Å². The van der Waals surface area contributed by atoms with Gasteiger partial charge in [-0.1, -0.05) is 6.07 Å². The number of aryl methyl sites for hydroxylation is 1. The van der Waals surface area contributed by atoms with Gasteiger partial charge in [0.05, 0.1) is 13.0 Å². The predicted octanol–water partition coefficient (Wildman–Crippen LogP) is 3.28. The zero-order valence-electron chi connectivity index (χ0n) is 15.0. The smallest absolute Gasteiger partial charge is 0.308 e. The molecule has 1 aliphatic carbocycles. The molecule has 1 amide bonds.